The van der Waals surface area contributed by atoms with Crippen LogP contribution in [0, 0.1) is 0 Å². The Morgan fingerprint density at radius 1 is 0.963 bits per heavy atom. The first-order valence-corrected chi connectivity index (χ1v) is 11.0. The monoisotopic (exact) mass is 372 g/mol. The normalized spacial score (nSPS) is 16.0. The molecule has 3 heterocycles. The van der Waals surface area contributed by atoms with Gasteiger partial charge in [-0.15, -0.1) is 0 Å². The molecule has 0 aliphatic carbocycles. The quantitative estimate of drug-likeness (QED) is 0.506. The average Bonchev–Trinajstić information content (AvgIpc) is 2.85. The van der Waals surface area contributed by atoms with E-state index >= 15 is 0 Å². The molecule has 1 saturated heterocycles. The maximum Gasteiger partial charge on any atom is 0.129 e. The summed E-state index contributed by atoms with van der Waals surface area (Å²) in [6.07, 6.45) is 16.6. The number of nitrogens with two attached hydrogens (primary N) is 1. The van der Waals surface area contributed by atoms with Crippen LogP contribution in [0.15, 0.2) is 6.20 Å². The Balaban J connectivity index is 1.44. The standard InChI is InChI=1S/C21H36N6/c1-2-3-13-20-23-17-19-21(24-20)18(25-27(19)22)12-8-4-5-9-14-26-15-10-6-7-11-16-26/h17H,2-16,22H2,1H3. The molecular weight excluding hydrogens is 336 g/mol. The molecule has 6 heteroatoms. The van der Waals surface area contributed by atoms with Gasteiger partial charge in [0, 0.05) is 6.42 Å². The molecule has 2 N–H and O–H groups in total. The van der Waals surface area contributed by atoms with E-state index in [9.17, 15) is 0 Å². The van der Waals surface area contributed by atoms with Gasteiger partial charge in [-0.2, -0.15) is 9.89 Å². The molecule has 0 spiro atoms. The molecule has 1 aliphatic rings. The predicted molar refractivity (Wildman–Crippen MR) is 111 cm³/mol. The zero-order chi connectivity index (χ0) is 18.9. The lowest BCUT2D eigenvalue weighted by Gasteiger charge is -2.19. The van der Waals surface area contributed by atoms with E-state index in [0.717, 1.165) is 54.7 Å². The van der Waals surface area contributed by atoms with Crippen LogP contribution < -0.4 is 5.84 Å². The maximum atomic E-state index is 5.99. The lowest BCUT2D eigenvalue weighted by Crippen LogP contribution is -2.25. The summed E-state index contributed by atoms with van der Waals surface area (Å²) in [7, 11) is 0. The Hall–Kier alpha value is -1.69. The summed E-state index contributed by atoms with van der Waals surface area (Å²) >= 11 is 0. The van der Waals surface area contributed by atoms with E-state index < -0.39 is 0 Å². The third-order valence-electron chi connectivity index (χ3n) is 5.66. The van der Waals surface area contributed by atoms with Crippen LogP contribution >= 0.6 is 0 Å². The first-order chi connectivity index (χ1) is 13.3. The fourth-order valence-corrected chi connectivity index (χ4v) is 3.99. The first-order valence-electron chi connectivity index (χ1n) is 11.0. The molecule has 1 aliphatic heterocycles. The van der Waals surface area contributed by atoms with Crippen molar-refractivity contribution in [2.75, 3.05) is 25.5 Å². The number of aryl methyl sites for hydroxylation is 2. The van der Waals surface area contributed by atoms with Gasteiger partial charge in [-0.1, -0.05) is 39.0 Å². The number of hydrogen-bond donors (Lipinski definition) is 1. The highest BCUT2D eigenvalue weighted by molar-refractivity contribution is 5.76. The Bertz CT molecular complexity index is 687. The molecule has 150 valence electrons. The van der Waals surface area contributed by atoms with Gasteiger partial charge in [-0.05, 0) is 58.2 Å². The van der Waals surface area contributed by atoms with Crippen LogP contribution in [0.1, 0.15) is 82.7 Å². The van der Waals surface area contributed by atoms with Gasteiger partial charge in [-0.3, -0.25) is 0 Å². The van der Waals surface area contributed by atoms with Crippen molar-refractivity contribution < 1.29 is 0 Å². The number of rotatable bonds is 10. The number of nitrogen functional groups attached to an aromatic ring is 1. The summed E-state index contributed by atoms with van der Waals surface area (Å²) in [6.45, 7) is 6.07. The highest BCUT2D eigenvalue weighted by Crippen LogP contribution is 2.18. The van der Waals surface area contributed by atoms with Crippen LogP contribution in [0.2, 0.25) is 0 Å². The SMILES string of the molecule is CCCCc1ncc2c(n1)c(CCCCCCN1CCCCCC1)nn2N. The molecule has 0 aromatic carbocycles. The Morgan fingerprint density at radius 2 is 1.74 bits per heavy atom. The van der Waals surface area contributed by atoms with Crippen molar-refractivity contribution in [1.29, 1.82) is 0 Å². The minimum atomic E-state index is 0.839. The molecule has 0 atom stereocenters. The number of fused-ring (bicyclic) bond motifs is 1. The second-order valence-electron chi connectivity index (χ2n) is 7.93. The van der Waals surface area contributed by atoms with E-state index in [4.69, 9.17) is 10.8 Å². The lowest BCUT2D eigenvalue weighted by molar-refractivity contribution is 0.278. The zero-order valence-electron chi connectivity index (χ0n) is 17.0. The number of unbranched alkanes of at least 4 members (excludes halogenated alkanes) is 4. The van der Waals surface area contributed by atoms with Crippen LogP contribution in [-0.2, 0) is 12.8 Å². The molecule has 0 radical (unpaired) electrons. The minimum absolute atomic E-state index is 0.839. The summed E-state index contributed by atoms with van der Waals surface area (Å²) in [6, 6.07) is 0. The lowest BCUT2D eigenvalue weighted by atomic mass is 10.1. The van der Waals surface area contributed by atoms with Crippen molar-refractivity contribution >= 4 is 11.0 Å². The average molecular weight is 373 g/mol. The fraction of sp³-hybridized carbons (Fsp3) is 0.762. The zero-order valence-corrected chi connectivity index (χ0v) is 17.0. The first kappa shape index (κ1) is 20.1. The van der Waals surface area contributed by atoms with Gasteiger partial charge in [0.15, 0.2) is 0 Å². The summed E-state index contributed by atoms with van der Waals surface area (Å²) < 4.78 is 0. The minimum Gasteiger partial charge on any atom is -0.323 e. The van der Waals surface area contributed by atoms with Crippen molar-refractivity contribution in [1.82, 2.24) is 24.8 Å². The third-order valence-corrected chi connectivity index (χ3v) is 5.66. The fourth-order valence-electron chi connectivity index (χ4n) is 3.99. The van der Waals surface area contributed by atoms with Crippen LogP contribution in [0.5, 0.6) is 0 Å². The molecule has 2 aromatic rings. The van der Waals surface area contributed by atoms with Crippen molar-refractivity contribution in [3.8, 4) is 0 Å². The van der Waals surface area contributed by atoms with Crippen LogP contribution in [0.25, 0.3) is 11.0 Å². The second-order valence-corrected chi connectivity index (χ2v) is 7.93. The number of aromatic nitrogens is 4. The summed E-state index contributed by atoms with van der Waals surface area (Å²) in [4.78, 5) is 13.3. The molecule has 0 saturated carbocycles. The summed E-state index contributed by atoms with van der Waals surface area (Å²) in [5, 5.41) is 4.50. The third kappa shape index (κ3) is 5.89. The molecule has 0 bridgehead atoms. The van der Waals surface area contributed by atoms with E-state index in [1.54, 1.807) is 0 Å². The van der Waals surface area contributed by atoms with Gasteiger partial charge in [0.2, 0.25) is 0 Å². The molecule has 0 amide bonds. The maximum absolute atomic E-state index is 5.99. The van der Waals surface area contributed by atoms with Crippen LogP contribution in [0.3, 0.4) is 0 Å². The van der Waals surface area contributed by atoms with Gasteiger partial charge >= 0.3 is 0 Å². The van der Waals surface area contributed by atoms with Gasteiger partial charge < -0.3 is 10.7 Å². The van der Waals surface area contributed by atoms with Gasteiger partial charge in [0.25, 0.3) is 0 Å². The number of nitrogens with zero attached hydrogens (tertiary/aromatic N) is 5. The Kier molecular flexibility index (Phi) is 7.87. The highest BCUT2D eigenvalue weighted by Gasteiger charge is 2.12. The van der Waals surface area contributed by atoms with Crippen LogP contribution in [-0.4, -0.2) is 44.4 Å². The second kappa shape index (κ2) is 10.6. The Labute approximate surface area is 163 Å². The van der Waals surface area contributed by atoms with E-state index in [-0.39, 0.29) is 0 Å². The molecule has 6 nitrogen and oxygen atoms in total. The number of hydrogen-bond acceptors (Lipinski definition) is 5. The van der Waals surface area contributed by atoms with E-state index in [1.807, 2.05) is 6.20 Å². The molecule has 1 fully saturated rings. The number of likely N-dealkylation sites (tertiary alicyclic amines) is 1. The molecule has 2 aromatic heterocycles. The Morgan fingerprint density at radius 3 is 2.52 bits per heavy atom. The topological polar surface area (TPSA) is 72.9 Å². The molecule has 3 rings (SSSR count). The van der Waals surface area contributed by atoms with Crippen LogP contribution in [0.4, 0.5) is 0 Å². The van der Waals surface area contributed by atoms with Crippen molar-refractivity contribution in [2.45, 2.75) is 84.0 Å². The van der Waals surface area contributed by atoms with Crippen molar-refractivity contribution in [2.24, 2.45) is 0 Å². The van der Waals surface area contributed by atoms with Crippen molar-refractivity contribution in [3.05, 3.63) is 17.7 Å². The van der Waals surface area contributed by atoms with Gasteiger partial charge in [0.1, 0.15) is 16.9 Å². The summed E-state index contributed by atoms with van der Waals surface area (Å²) in [5.41, 5.74) is 2.81. The molecule has 0 unspecified atom stereocenters. The molecule has 27 heavy (non-hydrogen) atoms. The van der Waals surface area contributed by atoms with Gasteiger partial charge in [-0.25, -0.2) is 9.97 Å². The highest BCUT2D eigenvalue weighted by atomic mass is 15.5. The largest absolute Gasteiger partial charge is 0.323 e. The molecular formula is C21H36N6. The smallest absolute Gasteiger partial charge is 0.129 e. The van der Waals surface area contributed by atoms with E-state index in [0.29, 0.717) is 0 Å². The van der Waals surface area contributed by atoms with Gasteiger partial charge in [0.05, 0.1) is 11.9 Å². The summed E-state index contributed by atoms with van der Waals surface area (Å²) in [5.74, 6) is 6.91. The van der Waals surface area contributed by atoms with Crippen molar-refractivity contribution in [3.63, 3.8) is 0 Å². The van der Waals surface area contributed by atoms with E-state index in [1.165, 1.54) is 69.4 Å². The predicted octanol–water partition coefficient (Wildman–Crippen LogP) is 3.86. The van der Waals surface area contributed by atoms with E-state index in [2.05, 4.69) is 21.9 Å².